The van der Waals surface area contributed by atoms with Crippen molar-refractivity contribution in [3.05, 3.63) is 0 Å². The highest BCUT2D eigenvalue weighted by atomic mass is 35.5. The molecule has 2 atom stereocenters. The summed E-state index contributed by atoms with van der Waals surface area (Å²) in [5.41, 5.74) is 0. The number of hydrogen-bond donors (Lipinski definition) is 1. The van der Waals surface area contributed by atoms with Crippen molar-refractivity contribution >= 4 is 17.6 Å². The van der Waals surface area contributed by atoms with E-state index in [0.29, 0.717) is 6.61 Å². The fourth-order valence-electron chi connectivity index (χ4n) is 0.981. The number of hydrogen-bond acceptors (Lipinski definition) is 2. The normalized spacial score (nSPS) is 32.5. The van der Waals surface area contributed by atoms with E-state index in [9.17, 15) is 4.79 Å². The van der Waals surface area contributed by atoms with Gasteiger partial charge < -0.3 is 9.84 Å². The van der Waals surface area contributed by atoms with E-state index in [-0.39, 0.29) is 17.9 Å². The number of carbonyl (C=O) groups is 1. The summed E-state index contributed by atoms with van der Waals surface area (Å²) in [6, 6.07) is 0. The van der Waals surface area contributed by atoms with Crippen LogP contribution in [-0.4, -0.2) is 29.2 Å². The van der Waals surface area contributed by atoms with Gasteiger partial charge in [-0.1, -0.05) is 0 Å². The summed E-state index contributed by atoms with van der Waals surface area (Å²) >= 11 is 5.73. The zero-order chi connectivity index (χ0) is 7.56. The van der Waals surface area contributed by atoms with Gasteiger partial charge in [-0.2, -0.15) is 0 Å². The van der Waals surface area contributed by atoms with Gasteiger partial charge in [0.1, 0.15) is 0 Å². The Balaban J connectivity index is 2.33. The van der Waals surface area contributed by atoms with Crippen LogP contribution >= 0.6 is 11.6 Å². The van der Waals surface area contributed by atoms with Crippen molar-refractivity contribution in [2.45, 2.75) is 24.3 Å². The van der Waals surface area contributed by atoms with Crippen LogP contribution in [0.15, 0.2) is 0 Å². The van der Waals surface area contributed by atoms with Gasteiger partial charge in [-0.15, -0.1) is 11.6 Å². The minimum Gasteiger partial charge on any atom is -0.481 e. The molecule has 1 saturated heterocycles. The van der Waals surface area contributed by atoms with Crippen molar-refractivity contribution in [1.29, 1.82) is 0 Å². The van der Waals surface area contributed by atoms with E-state index in [1.54, 1.807) is 0 Å². The van der Waals surface area contributed by atoms with Crippen LogP contribution in [0.5, 0.6) is 0 Å². The molecule has 1 heterocycles. The number of rotatable bonds is 2. The monoisotopic (exact) mass is 164 g/mol. The lowest BCUT2D eigenvalue weighted by molar-refractivity contribution is -0.139. The predicted octanol–water partition coefficient (Wildman–Crippen LogP) is 0.857. The van der Waals surface area contributed by atoms with Gasteiger partial charge in [0.15, 0.2) is 0 Å². The van der Waals surface area contributed by atoms with Crippen LogP contribution in [0, 0.1) is 0 Å². The summed E-state index contributed by atoms with van der Waals surface area (Å²) in [6.07, 6.45) is 0.507. The highest BCUT2D eigenvalue weighted by Gasteiger charge is 2.27. The molecule has 10 heavy (non-hydrogen) atoms. The molecule has 1 aliphatic rings. The van der Waals surface area contributed by atoms with Crippen molar-refractivity contribution in [2.75, 3.05) is 6.61 Å². The Morgan fingerprint density at radius 2 is 2.50 bits per heavy atom. The first kappa shape index (κ1) is 7.82. The van der Waals surface area contributed by atoms with E-state index in [0.717, 1.165) is 6.42 Å². The highest BCUT2D eigenvalue weighted by Crippen LogP contribution is 2.21. The van der Waals surface area contributed by atoms with E-state index in [2.05, 4.69) is 0 Å². The summed E-state index contributed by atoms with van der Waals surface area (Å²) in [6.45, 7) is 0.589. The molecule has 1 rings (SSSR count). The van der Waals surface area contributed by atoms with E-state index in [4.69, 9.17) is 21.4 Å². The average molecular weight is 165 g/mol. The lowest BCUT2D eigenvalue weighted by Crippen LogP contribution is -2.19. The fraction of sp³-hybridized carbons (Fsp3) is 0.833. The van der Waals surface area contributed by atoms with Crippen LogP contribution in [0.2, 0.25) is 0 Å². The first-order chi connectivity index (χ1) is 4.70. The minimum atomic E-state index is -0.849. The molecule has 0 bridgehead atoms. The maximum atomic E-state index is 10.2. The molecular weight excluding hydrogens is 156 g/mol. The molecular formula is C6H9ClO3. The van der Waals surface area contributed by atoms with Crippen LogP contribution in [0.3, 0.4) is 0 Å². The lowest BCUT2D eigenvalue weighted by atomic mass is 10.2. The second-order valence-corrected chi connectivity index (χ2v) is 2.87. The number of aliphatic carboxylic acids is 1. The summed E-state index contributed by atoms with van der Waals surface area (Å²) in [4.78, 5) is 10.2. The molecule has 3 nitrogen and oxygen atoms in total. The fourth-order valence-corrected chi connectivity index (χ4v) is 1.23. The number of carboxylic acids is 1. The lowest BCUT2D eigenvalue weighted by Gasteiger charge is -2.08. The summed E-state index contributed by atoms with van der Waals surface area (Å²) in [5, 5.41) is 8.24. The zero-order valence-corrected chi connectivity index (χ0v) is 6.17. The Kier molecular flexibility index (Phi) is 2.51. The number of alkyl halides is 1. The second kappa shape index (κ2) is 3.21. The van der Waals surface area contributed by atoms with Crippen molar-refractivity contribution in [1.82, 2.24) is 0 Å². The van der Waals surface area contributed by atoms with Gasteiger partial charge in [0.05, 0.1) is 17.9 Å². The molecule has 1 aliphatic heterocycles. The standard InChI is InChI=1S/C6H9ClO3/c7-4-1-2-10-5(4)3-6(8)9/h4-5H,1-3H2,(H,8,9)/t4-,5-/m1/s1. The van der Waals surface area contributed by atoms with Gasteiger partial charge >= 0.3 is 5.97 Å². The van der Waals surface area contributed by atoms with E-state index in [1.165, 1.54) is 0 Å². The van der Waals surface area contributed by atoms with E-state index in [1.807, 2.05) is 0 Å². The molecule has 0 saturated carbocycles. The van der Waals surface area contributed by atoms with Crippen LogP contribution < -0.4 is 0 Å². The number of carboxylic acid groups (broad SMARTS) is 1. The number of halogens is 1. The third-order valence-electron chi connectivity index (χ3n) is 1.50. The molecule has 0 radical (unpaired) electrons. The van der Waals surface area contributed by atoms with Crippen molar-refractivity contribution in [2.24, 2.45) is 0 Å². The Labute approximate surface area is 63.9 Å². The molecule has 0 spiro atoms. The highest BCUT2D eigenvalue weighted by molar-refractivity contribution is 6.21. The van der Waals surface area contributed by atoms with Crippen molar-refractivity contribution in [3.8, 4) is 0 Å². The minimum absolute atomic E-state index is 0.0220. The largest absolute Gasteiger partial charge is 0.481 e. The molecule has 0 unspecified atom stereocenters. The summed E-state index contributed by atoms with van der Waals surface area (Å²) in [5.74, 6) is -0.849. The Morgan fingerprint density at radius 3 is 2.90 bits per heavy atom. The number of ether oxygens (including phenoxy) is 1. The maximum Gasteiger partial charge on any atom is 0.306 e. The van der Waals surface area contributed by atoms with Crippen molar-refractivity contribution < 1.29 is 14.6 Å². The third-order valence-corrected chi connectivity index (χ3v) is 2.00. The van der Waals surface area contributed by atoms with Crippen molar-refractivity contribution in [3.63, 3.8) is 0 Å². The van der Waals surface area contributed by atoms with Crippen LogP contribution in [-0.2, 0) is 9.53 Å². The van der Waals surface area contributed by atoms with Crippen LogP contribution in [0.4, 0.5) is 0 Å². The molecule has 4 heteroatoms. The SMILES string of the molecule is O=C(O)C[C@H]1OCC[C@H]1Cl. The predicted molar refractivity (Wildman–Crippen MR) is 36.3 cm³/mol. The average Bonchev–Trinajstić information content (AvgIpc) is 2.15. The second-order valence-electron chi connectivity index (χ2n) is 2.31. The zero-order valence-electron chi connectivity index (χ0n) is 5.42. The molecule has 1 N–H and O–H groups in total. The maximum absolute atomic E-state index is 10.2. The smallest absolute Gasteiger partial charge is 0.306 e. The molecule has 0 aromatic rings. The van der Waals surface area contributed by atoms with Crippen LogP contribution in [0.25, 0.3) is 0 Å². The first-order valence-corrected chi connectivity index (χ1v) is 3.61. The third kappa shape index (κ3) is 1.85. The van der Waals surface area contributed by atoms with Gasteiger partial charge in [0.25, 0.3) is 0 Å². The quantitative estimate of drug-likeness (QED) is 0.616. The molecule has 0 aromatic carbocycles. The van der Waals surface area contributed by atoms with E-state index < -0.39 is 5.97 Å². The Bertz CT molecular complexity index is 137. The molecule has 0 aliphatic carbocycles. The molecule has 0 aromatic heterocycles. The summed E-state index contributed by atoms with van der Waals surface area (Å²) < 4.78 is 5.06. The van der Waals surface area contributed by atoms with Crippen LogP contribution in [0.1, 0.15) is 12.8 Å². The summed E-state index contributed by atoms with van der Waals surface area (Å²) in [7, 11) is 0. The topological polar surface area (TPSA) is 46.5 Å². The van der Waals surface area contributed by atoms with Gasteiger partial charge in [-0.05, 0) is 6.42 Å². The van der Waals surface area contributed by atoms with Gasteiger partial charge in [-0.3, -0.25) is 4.79 Å². The molecule has 58 valence electrons. The van der Waals surface area contributed by atoms with E-state index >= 15 is 0 Å². The first-order valence-electron chi connectivity index (χ1n) is 3.17. The molecule has 0 amide bonds. The van der Waals surface area contributed by atoms with Gasteiger partial charge in [0, 0.05) is 6.61 Å². The van der Waals surface area contributed by atoms with Gasteiger partial charge in [-0.25, -0.2) is 0 Å². The molecule has 1 fully saturated rings. The van der Waals surface area contributed by atoms with Gasteiger partial charge in [0.2, 0.25) is 0 Å². The Hall–Kier alpha value is -0.280. The Morgan fingerprint density at radius 1 is 1.80 bits per heavy atom.